The molecule has 3 N–H and O–H groups in total. The molecule has 1 aromatic carbocycles. The van der Waals surface area contributed by atoms with Crippen LogP contribution in [0.2, 0.25) is 0 Å². The van der Waals surface area contributed by atoms with Gasteiger partial charge in [0.15, 0.2) is 0 Å². The van der Waals surface area contributed by atoms with E-state index in [9.17, 15) is 14.0 Å². The summed E-state index contributed by atoms with van der Waals surface area (Å²) in [6, 6.07) is 4.18. The Balaban J connectivity index is 3.18. The Labute approximate surface area is 117 Å². The highest BCUT2D eigenvalue weighted by Gasteiger charge is 2.27. The first-order valence-electron chi connectivity index (χ1n) is 6.15. The van der Waals surface area contributed by atoms with Crippen LogP contribution < -0.4 is 11.1 Å². The standard InChI is InChI=1S/C14H19FN2O3/c1-8(12(18)20-4)11-9(15)6-5-7-10(11)17-13(19)14(2,3)16/h5-8H,16H2,1-4H3,(H,17,19). The lowest BCUT2D eigenvalue weighted by Gasteiger charge is -2.21. The number of nitrogens with two attached hydrogens (primary N) is 1. The lowest BCUT2D eigenvalue weighted by molar-refractivity contribution is -0.142. The van der Waals surface area contributed by atoms with Gasteiger partial charge in [-0.15, -0.1) is 0 Å². The largest absolute Gasteiger partial charge is 0.469 e. The third-order valence-electron chi connectivity index (χ3n) is 2.87. The van der Waals surface area contributed by atoms with E-state index in [1.807, 2.05) is 0 Å². The van der Waals surface area contributed by atoms with Gasteiger partial charge in [0.1, 0.15) is 5.82 Å². The molecule has 0 aromatic heterocycles. The first-order chi connectivity index (χ1) is 9.18. The first-order valence-corrected chi connectivity index (χ1v) is 6.15. The quantitative estimate of drug-likeness (QED) is 0.825. The summed E-state index contributed by atoms with van der Waals surface area (Å²) >= 11 is 0. The number of anilines is 1. The van der Waals surface area contributed by atoms with Gasteiger partial charge in [0.2, 0.25) is 5.91 Å². The zero-order valence-corrected chi connectivity index (χ0v) is 12.0. The number of rotatable bonds is 4. The van der Waals surface area contributed by atoms with E-state index in [4.69, 9.17) is 5.73 Å². The van der Waals surface area contributed by atoms with E-state index in [-0.39, 0.29) is 11.3 Å². The fourth-order valence-corrected chi connectivity index (χ4v) is 1.66. The summed E-state index contributed by atoms with van der Waals surface area (Å²) in [5, 5.41) is 2.54. The second-order valence-electron chi connectivity index (χ2n) is 5.12. The fourth-order valence-electron chi connectivity index (χ4n) is 1.66. The molecule has 1 unspecified atom stereocenters. The van der Waals surface area contributed by atoms with Gasteiger partial charge in [0.05, 0.1) is 18.6 Å². The first kappa shape index (κ1) is 16.1. The summed E-state index contributed by atoms with van der Waals surface area (Å²) in [6.45, 7) is 4.57. The van der Waals surface area contributed by atoms with Crippen LogP contribution in [-0.4, -0.2) is 24.5 Å². The summed E-state index contributed by atoms with van der Waals surface area (Å²) in [7, 11) is 1.22. The highest BCUT2D eigenvalue weighted by Crippen LogP contribution is 2.28. The van der Waals surface area contributed by atoms with Crippen LogP contribution in [0.25, 0.3) is 0 Å². The number of halogens is 1. The van der Waals surface area contributed by atoms with E-state index in [1.165, 1.54) is 46.1 Å². The van der Waals surface area contributed by atoms with Crippen molar-refractivity contribution in [1.82, 2.24) is 0 Å². The Bertz CT molecular complexity index is 524. The minimum atomic E-state index is -1.11. The third kappa shape index (κ3) is 3.54. The average Bonchev–Trinajstić information content (AvgIpc) is 2.36. The van der Waals surface area contributed by atoms with Crippen LogP contribution in [0, 0.1) is 5.82 Å². The van der Waals surface area contributed by atoms with E-state index in [1.54, 1.807) is 0 Å². The van der Waals surface area contributed by atoms with E-state index in [0.717, 1.165) is 0 Å². The molecule has 5 nitrogen and oxygen atoms in total. The maximum absolute atomic E-state index is 14.0. The Morgan fingerprint density at radius 2 is 2.00 bits per heavy atom. The highest BCUT2D eigenvalue weighted by molar-refractivity contribution is 5.98. The fraction of sp³-hybridized carbons (Fsp3) is 0.429. The van der Waals surface area contributed by atoms with E-state index in [2.05, 4.69) is 10.1 Å². The molecular formula is C14H19FN2O3. The molecule has 1 atom stereocenters. The summed E-state index contributed by atoms with van der Waals surface area (Å²) in [6.07, 6.45) is 0. The van der Waals surface area contributed by atoms with Crippen LogP contribution in [0.5, 0.6) is 0 Å². The number of hydrogen-bond acceptors (Lipinski definition) is 4. The molecule has 1 rings (SSSR count). The van der Waals surface area contributed by atoms with E-state index >= 15 is 0 Å². The Morgan fingerprint density at radius 3 is 2.50 bits per heavy atom. The topological polar surface area (TPSA) is 81.4 Å². The molecule has 6 heteroatoms. The van der Waals surface area contributed by atoms with Gasteiger partial charge in [-0.05, 0) is 32.9 Å². The van der Waals surface area contributed by atoms with Gasteiger partial charge in [-0.25, -0.2) is 4.39 Å². The summed E-state index contributed by atoms with van der Waals surface area (Å²) in [4.78, 5) is 23.5. The lowest BCUT2D eigenvalue weighted by atomic mass is 9.97. The van der Waals surface area contributed by atoms with Gasteiger partial charge in [0, 0.05) is 11.3 Å². The molecule has 0 bridgehead atoms. The molecule has 0 aliphatic heterocycles. The molecule has 0 saturated heterocycles. The number of nitrogens with one attached hydrogen (secondary N) is 1. The van der Waals surface area contributed by atoms with Gasteiger partial charge in [-0.1, -0.05) is 6.07 Å². The molecule has 0 saturated carbocycles. The number of hydrogen-bond donors (Lipinski definition) is 2. The van der Waals surface area contributed by atoms with Gasteiger partial charge >= 0.3 is 5.97 Å². The lowest BCUT2D eigenvalue weighted by Crippen LogP contribution is -2.45. The van der Waals surface area contributed by atoms with Gasteiger partial charge < -0.3 is 15.8 Å². The van der Waals surface area contributed by atoms with Crippen molar-refractivity contribution in [1.29, 1.82) is 0 Å². The zero-order chi connectivity index (χ0) is 15.5. The summed E-state index contributed by atoms with van der Waals surface area (Å²) in [5.41, 5.74) is 4.86. The van der Waals surface area contributed by atoms with Crippen molar-refractivity contribution in [3.63, 3.8) is 0 Å². The molecule has 0 radical (unpaired) electrons. The Kier molecular flexibility index (Phi) is 4.83. The van der Waals surface area contributed by atoms with Crippen molar-refractivity contribution in [2.24, 2.45) is 5.73 Å². The Hall–Kier alpha value is -1.95. The van der Waals surface area contributed by atoms with Crippen LogP contribution >= 0.6 is 0 Å². The molecule has 0 heterocycles. The number of ether oxygens (including phenoxy) is 1. The minimum Gasteiger partial charge on any atom is -0.469 e. The van der Waals surface area contributed by atoms with Crippen molar-refractivity contribution in [3.05, 3.63) is 29.6 Å². The minimum absolute atomic E-state index is 0.0805. The van der Waals surface area contributed by atoms with Crippen molar-refractivity contribution in [3.8, 4) is 0 Å². The van der Waals surface area contributed by atoms with E-state index < -0.39 is 29.2 Å². The van der Waals surface area contributed by atoms with Crippen molar-refractivity contribution < 1.29 is 18.7 Å². The Morgan fingerprint density at radius 1 is 1.40 bits per heavy atom. The predicted molar refractivity (Wildman–Crippen MR) is 73.7 cm³/mol. The summed E-state index contributed by atoms with van der Waals surface area (Å²) < 4.78 is 18.6. The second kappa shape index (κ2) is 6.00. The zero-order valence-electron chi connectivity index (χ0n) is 12.0. The smallest absolute Gasteiger partial charge is 0.313 e. The van der Waals surface area contributed by atoms with Crippen LogP contribution in [0.1, 0.15) is 32.3 Å². The van der Waals surface area contributed by atoms with Gasteiger partial charge in [0.25, 0.3) is 0 Å². The maximum atomic E-state index is 14.0. The number of carbonyl (C=O) groups is 2. The van der Waals surface area contributed by atoms with Crippen molar-refractivity contribution in [2.75, 3.05) is 12.4 Å². The van der Waals surface area contributed by atoms with Crippen molar-refractivity contribution in [2.45, 2.75) is 32.2 Å². The second-order valence-corrected chi connectivity index (χ2v) is 5.12. The van der Waals surface area contributed by atoms with Crippen LogP contribution in [-0.2, 0) is 14.3 Å². The number of benzene rings is 1. The van der Waals surface area contributed by atoms with Crippen LogP contribution in [0.3, 0.4) is 0 Å². The van der Waals surface area contributed by atoms with Gasteiger partial charge in [-0.2, -0.15) is 0 Å². The SMILES string of the molecule is COC(=O)C(C)c1c(F)cccc1NC(=O)C(C)(C)N. The molecule has 20 heavy (non-hydrogen) atoms. The maximum Gasteiger partial charge on any atom is 0.313 e. The molecule has 0 aliphatic carbocycles. The molecule has 0 fully saturated rings. The molecule has 0 spiro atoms. The highest BCUT2D eigenvalue weighted by atomic mass is 19.1. The molecule has 0 aliphatic rings. The molecular weight excluding hydrogens is 263 g/mol. The van der Waals surface area contributed by atoms with E-state index in [0.29, 0.717) is 0 Å². The number of amides is 1. The van der Waals surface area contributed by atoms with Crippen molar-refractivity contribution >= 4 is 17.6 Å². The normalized spacial score (nSPS) is 12.7. The molecule has 1 aromatic rings. The van der Waals surface area contributed by atoms with Crippen LogP contribution in [0.4, 0.5) is 10.1 Å². The number of carbonyl (C=O) groups excluding carboxylic acids is 2. The molecule has 1 amide bonds. The van der Waals surface area contributed by atoms with Gasteiger partial charge in [-0.3, -0.25) is 9.59 Å². The van der Waals surface area contributed by atoms with Crippen LogP contribution in [0.15, 0.2) is 18.2 Å². The summed E-state index contributed by atoms with van der Waals surface area (Å²) in [5.74, 6) is -2.48. The average molecular weight is 282 g/mol. The predicted octanol–water partition coefficient (Wildman–Crippen LogP) is 1.78. The monoisotopic (exact) mass is 282 g/mol. The third-order valence-corrected chi connectivity index (χ3v) is 2.87. The number of esters is 1. The number of methoxy groups -OCH3 is 1. The molecule has 110 valence electrons.